The molecule has 3 rings (SSSR count). The number of fused-ring (bicyclic) bond motifs is 1. The number of aromatic hydroxyl groups is 1. The monoisotopic (exact) mass is 452 g/mol. The van der Waals surface area contributed by atoms with Crippen molar-refractivity contribution in [3.63, 3.8) is 0 Å². The summed E-state index contributed by atoms with van der Waals surface area (Å²) in [4.78, 5) is 28.6. The Morgan fingerprint density at radius 1 is 1.18 bits per heavy atom. The number of carbonyl (C=O) groups is 2. The number of hydrogen-bond donors (Lipinski definition) is 4. The van der Waals surface area contributed by atoms with Gasteiger partial charge in [-0.2, -0.15) is 0 Å². The van der Waals surface area contributed by atoms with Crippen LogP contribution in [0.2, 0.25) is 0 Å². The maximum absolute atomic E-state index is 12.6. The number of carbonyl (C=O) groups excluding carboxylic acids is 2. The molecule has 174 valence electrons. The van der Waals surface area contributed by atoms with E-state index in [1.807, 2.05) is 12.1 Å². The average Bonchev–Trinajstić information content (AvgIpc) is 3.18. The average molecular weight is 453 g/mol. The van der Waals surface area contributed by atoms with E-state index in [4.69, 9.17) is 20.9 Å². The van der Waals surface area contributed by atoms with Crippen molar-refractivity contribution in [1.29, 1.82) is 0 Å². The van der Waals surface area contributed by atoms with Gasteiger partial charge in [0.1, 0.15) is 23.5 Å². The SMILES string of the molecule is COC(=O)[C@@H]1c2cc(C=CC(=O)NCCCCN=C(N)N)ccc2O[C@H]1c1ccc(O)cc1. The molecular formula is C24H28N4O5. The van der Waals surface area contributed by atoms with Gasteiger partial charge in [0.2, 0.25) is 5.91 Å². The largest absolute Gasteiger partial charge is 0.508 e. The number of amides is 1. The molecule has 1 amide bonds. The predicted octanol–water partition coefficient (Wildman–Crippen LogP) is 1.97. The standard InChI is InChI=1S/C24H28N4O5/c1-32-23(31)21-18-14-15(5-11-20(30)27-12-2-3-13-28-24(25)26)4-10-19(18)33-22(21)16-6-8-17(29)9-7-16/h4-11,14,21-22,29H,2-3,12-13H2,1H3,(H,27,30)(H4,25,26,28)/t21-,22+/m1/s1. The van der Waals surface area contributed by atoms with Crippen molar-refractivity contribution in [2.75, 3.05) is 20.2 Å². The number of guanidine groups is 1. The van der Waals surface area contributed by atoms with Gasteiger partial charge >= 0.3 is 5.97 Å². The molecule has 0 radical (unpaired) electrons. The Balaban J connectivity index is 1.66. The maximum atomic E-state index is 12.6. The molecule has 0 unspecified atom stereocenters. The van der Waals surface area contributed by atoms with Gasteiger partial charge in [0.15, 0.2) is 5.96 Å². The van der Waals surface area contributed by atoms with Crippen molar-refractivity contribution in [2.45, 2.75) is 24.9 Å². The zero-order valence-corrected chi connectivity index (χ0v) is 18.4. The summed E-state index contributed by atoms with van der Waals surface area (Å²) in [6.07, 6.45) is 4.07. The number of rotatable bonds is 9. The van der Waals surface area contributed by atoms with Gasteiger partial charge in [0.05, 0.1) is 7.11 Å². The molecule has 1 heterocycles. The second kappa shape index (κ2) is 11.0. The van der Waals surface area contributed by atoms with Crippen molar-refractivity contribution in [1.82, 2.24) is 5.32 Å². The lowest BCUT2D eigenvalue weighted by molar-refractivity contribution is -0.144. The summed E-state index contributed by atoms with van der Waals surface area (Å²) in [5.74, 6) is -0.548. The molecule has 0 bridgehead atoms. The molecule has 1 aliphatic rings. The van der Waals surface area contributed by atoms with Crippen LogP contribution < -0.4 is 21.5 Å². The summed E-state index contributed by atoms with van der Waals surface area (Å²) < 4.78 is 11.1. The normalized spacial score (nSPS) is 16.6. The topological polar surface area (TPSA) is 149 Å². The molecule has 6 N–H and O–H groups in total. The second-order valence-corrected chi connectivity index (χ2v) is 7.57. The molecule has 2 aromatic carbocycles. The molecule has 9 heteroatoms. The van der Waals surface area contributed by atoms with Crippen molar-refractivity contribution in [2.24, 2.45) is 16.5 Å². The zero-order valence-electron chi connectivity index (χ0n) is 18.4. The van der Waals surface area contributed by atoms with Gasteiger partial charge in [-0.3, -0.25) is 14.6 Å². The molecule has 33 heavy (non-hydrogen) atoms. The Morgan fingerprint density at radius 3 is 2.64 bits per heavy atom. The molecule has 9 nitrogen and oxygen atoms in total. The number of nitrogens with two attached hydrogens (primary N) is 2. The van der Waals surface area contributed by atoms with E-state index in [-0.39, 0.29) is 17.6 Å². The minimum absolute atomic E-state index is 0.0607. The summed E-state index contributed by atoms with van der Waals surface area (Å²) in [6, 6.07) is 11.9. The number of hydrogen-bond acceptors (Lipinski definition) is 6. The molecule has 0 spiro atoms. The number of unbranched alkanes of at least 4 members (excludes halogenated alkanes) is 1. The number of nitrogens with zero attached hydrogens (tertiary/aromatic N) is 1. The van der Waals surface area contributed by atoms with Gasteiger partial charge in [0.25, 0.3) is 0 Å². The fourth-order valence-corrected chi connectivity index (χ4v) is 3.58. The second-order valence-electron chi connectivity index (χ2n) is 7.57. The molecule has 2 aromatic rings. The van der Waals surface area contributed by atoms with Crippen LogP contribution in [0, 0.1) is 0 Å². The lowest BCUT2D eigenvalue weighted by Gasteiger charge is -2.17. The maximum Gasteiger partial charge on any atom is 0.317 e. The van der Waals surface area contributed by atoms with E-state index in [1.54, 1.807) is 36.4 Å². The Kier molecular flexibility index (Phi) is 7.91. The number of esters is 1. The Bertz CT molecular complexity index is 1050. The first kappa shape index (κ1) is 23.6. The number of nitrogens with one attached hydrogen (secondary N) is 1. The van der Waals surface area contributed by atoms with Crippen LogP contribution in [0.15, 0.2) is 53.5 Å². The van der Waals surface area contributed by atoms with Crippen molar-refractivity contribution < 1.29 is 24.2 Å². The lowest BCUT2D eigenvalue weighted by atomic mass is 9.90. The van der Waals surface area contributed by atoms with E-state index in [2.05, 4.69) is 10.3 Å². The van der Waals surface area contributed by atoms with Crippen LogP contribution in [0.1, 0.15) is 41.6 Å². The third-order valence-corrected chi connectivity index (χ3v) is 5.21. The first-order valence-electron chi connectivity index (χ1n) is 10.6. The summed E-state index contributed by atoms with van der Waals surface area (Å²) in [5, 5.41) is 12.4. The van der Waals surface area contributed by atoms with Crippen LogP contribution in [0.3, 0.4) is 0 Å². The molecule has 0 fully saturated rings. The third kappa shape index (κ3) is 6.25. The minimum atomic E-state index is -0.665. The number of phenolic OH excluding ortho intramolecular Hbond substituents is 1. The van der Waals surface area contributed by atoms with Crippen molar-refractivity contribution in [3.05, 3.63) is 65.2 Å². The highest BCUT2D eigenvalue weighted by Gasteiger charge is 2.41. The number of aliphatic imine (C=N–C) groups is 1. The van der Waals surface area contributed by atoms with Gasteiger partial charge in [-0.05, 0) is 54.3 Å². The summed E-state index contributed by atoms with van der Waals surface area (Å²) >= 11 is 0. The van der Waals surface area contributed by atoms with E-state index in [1.165, 1.54) is 13.2 Å². The fourth-order valence-electron chi connectivity index (χ4n) is 3.58. The molecule has 0 saturated heterocycles. The molecule has 1 aliphatic heterocycles. The van der Waals surface area contributed by atoms with Crippen LogP contribution in [0.4, 0.5) is 0 Å². The zero-order chi connectivity index (χ0) is 23.8. The lowest BCUT2D eigenvalue weighted by Crippen LogP contribution is -2.24. The Hall–Kier alpha value is -4.01. The van der Waals surface area contributed by atoms with E-state index in [0.29, 0.717) is 24.4 Å². The first-order chi connectivity index (χ1) is 15.9. The van der Waals surface area contributed by atoms with Gasteiger partial charge in [-0.25, -0.2) is 0 Å². The summed E-state index contributed by atoms with van der Waals surface area (Å²) in [6.45, 7) is 1.04. The number of benzene rings is 2. The van der Waals surface area contributed by atoms with Crippen LogP contribution in [0.25, 0.3) is 6.08 Å². The van der Waals surface area contributed by atoms with E-state index >= 15 is 0 Å². The highest BCUT2D eigenvalue weighted by atomic mass is 16.5. The van der Waals surface area contributed by atoms with Crippen molar-refractivity contribution >= 4 is 23.9 Å². The fraction of sp³-hybridized carbons (Fsp3) is 0.292. The van der Waals surface area contributed by atoms with Crippen LogP contribution >= 0.6 is 0 Å². The number of phenols is 1. The molecular weight excluding hydrogens is 424 g/mol. The number of methoxy groups -OCH3 is 1. The predicted molar refractivity (Wildman–Crippen MR) is 125 cm³/mol. The smallest absolute Gasteiger partial charge is 0.317 e. The van der Waals surface area contributed by atoms with Gasteiger partial charge in [0, 0.05) is 24.7 Å². The van der Waals surface area contributed by atoms with E-state index < -0.39 is 18.0 Å². The van der Waals surface area contributed by atoms with Gasteiger partial charge in [-0.1, -0.05) is 18.2 Å². The number of ether oxygens (including phenoxy) is 2. The highest BCUT2D eigenvalue weighted by molar-refractivity contribution is 5.92. The molecule has 0 aromatic heterocycles. The van der Waals surface area contributed by atoms with Crippen molar-refractivity contribution in [3.8, 4) is 11.5 Å². The first-order valence-corrected chi connectivity index (χ1v) is 10.6. The van der Waals surface area contributed by atoms with Gasteiger partial charge < -0.3 is 31.4 Å². The molecule has 0 saturated carbocycles. The minimum Gasteiger partial charge on any atom is -0.508 e. The Labute approximate surface area is 192 Å². The third-order valence-electron chi connectivity index (χ3n) is 5.21. The quantitative estimate of drug-likeness (QED) is 0.149. The van der Waals surface area contributed by atoms with E-state index in [0.717, 1.165) is 24.0 Å². The summed E-state index contributed by atoms with van der Waals surface area (Å²) in [5.41, 5.74) is 12.7. The summed E-state index contributed by atoms with van der Waals surface area (Å²) in [7, 11) is 1.33. The van der Waals surface area contributed by atoms with Crippen LogP contribution in [-0.4, -0.2) is 43.1 Å². The highest BCUT2D eigenvalue weighted by Crippen LogP contribution is 2.47. The van der Waals surface area contributed by atoms with E-state index in [9.17, 15) is 14.7 Å². The van der Waals surface area contributed by atoms with Crippen LogP contribution in [0.5, 0.6) is 11.5 Å². The van der Waals surface area contributed by atoms with Crippen LogP contribution in [-0.2, 0) is 14.3 Å². The van der Waals surface area contributed by atoms with Gasteiger partial charge in [-0.15, -0.1) is 0 Å². The molecule has 2 atom stereocenters. The Morgan fingerprint density at radius 2 is 1.94 bits per heavy atom. The molecule has 0 aliphatic carbocycles.